The highest BCUT2D eigenvalue weighted by Gasteiger charge is 2.48. The molecule has 1 atom stereocenters. The molecule has 3 aromatic rings. The fourth-order valence-electron chi connectivity index (χ4n) is 5.54. The van der Waals surface area contributed by atoms with Crippen molar-refractivity contribution < 1.29 is 14.0 Å². The van der Waals surface area contributed by atoms with Gasteiger partial charge in [-0.3, -0.25) is 9.59 Å². The molecule has 2 heterocycles. The molecule has 10 heteroatoms. The van der Waals surface area contributed by atoms with E-state index in [2.05, 4.69) is 10.6 Å². The fraction of sp³-hybridized carbons (Fsp3) is 0.344. The van der Waals surface area contributed by atoms with Gasteiger partial charge in [-0.2, -0.15) is 11.8 Å². The molecular formula is C32H36FN5O2S2. The van der Waals surface area contributed by atoms with Gasteiger partial charge in [-0.25, -0.2) is 4.39 Å². The van der Waals surface area contributed by atoms with Crippen LogP contribution in [-0.4, -0.2) is 71.0 Å². The molecule has 7 nitrogen and oxygen atoms in total. The number of halogens is 1. The maximum absolute atomic E-state index is 15.0. The second-order valence-corrected chi connectivity index (χ2v) is 12.5. The van der Waals surface area contributed by atoms with Crippen LogP contribution < -0.4 is 15.5 Å². The topological polar surface area (TPSA) is 67.9 Å². The van der Waals surface area contributed by atoms with E-state index in [-0.39, 0.29) is 30.9 Å². The molecule has 2 fully saturated rings. The zero-order valence-electron chi connectivity index (χ0n) is 23.9. The van der Waals surface area contributed by atoms with Crippen LogP contribution in [0.15, 0.2) is 78.9 Å². The minimum absolute atomic E-state index is 0.0106. The summed E-state index contributed by atoms with van der Waals surface area (Å²) in [6.07, 6.45) is 0.934. The van der Waals surface area contributed by atoms with Crippen molar-refractivity contribution in [2.24, 2.45) is 0 Å². The maximum Gasteiger partial charge on any atom is 0.250 e. The van der Waals surface area contributed by atoms with E-state index in [1.54, 1.807) is 34.9 Å². The number of carbonyl (C=O) groups is 2. The van der Waals surface area contributed by atoms with Crippen LogP contribution >= 0.6 is 24.0 Å². The molecule has 2 amide bonds. The molecule has 0 bridgehead atoms. The lowest BCUT2D eigenvalue weighted by atomic mass is 9.87. The fourth-order valence-corrected chi connectivity index (χ4v) is 6.99. The summed E-state index contributed by atoms with van der Waals surface area (Å²) in [6, 6.07) is 24.0. The zero-order chi connectivity index (χ0) is 29.7. The normalized spacial score (nSPS) is 17.8. The average molecular weight is 606 g/mol. The second-order valence-electron chi connectivity index (χ2n) is 10.9. The lowest BCUT2D eigenvalue weighted by Gasteiger charge is -2.45. The number of nitrogens with zero attached hydrogens (tertiary/aromatic N) is 3. The molecule has 2 saturated heterocycles. The summed E-state index contributed by atoms with van der Waals surface area (Å²) < 4.78 is 15.0. The van der Waals surface area contributed by atoms with Gasteiger partial charge in [-0.1, -0.05) is 48.5 Å². The van der Waals surface area contributed by atoms with E-state index >= 15 is 0 Å². The molecule has 2 aliphatic heterocycles. The first kappa shape index (κ1) is 29.8. The Morgan fingerprint density at radius 3 is 2.36 bits per heavy atom. The van der Waals surface area contributed by atoms with Crippen LogP contribution in [-0.2, 0) is 16.1 Å². The van der Waals surface area contributed by atoms with E-state index < -0.39 is 11.4 Å². The standard InChI is InChI=1S/C32H36FN5O2S2/c1-36(2)26-14-12-25(13-15-26)34-30(40)32(16-18-42-19-17-32)38(20-24-10-6-7-11-27(24)33)29(39)22-37-21-28(35-31(37)41)23-8-4-3-5-9-23/h3-15,28H,16-22H2,1-2H3,(H,34,40)(H,35,41)/t28-/m1/s1. The van der Waals surface area contributed by atoms with Crippen LogP contribution in [0, 0.1) is 5.82 Å². The Morgan fingerprint density at radius 1 is 1.02 bits per heavy atom. The molecule has 2 aliphatic rings. The van der Waals surface area contributed by atoms with Gasteiger partial charge < -0.3 is 25.3 Å². The van der Waals surface area contributed by atoms with Crippen molar-refractivity contribution in [2.45, 2.75) is 31.0 Å². The molecule has 0 aliphatic carbocycles. The first-order valence-corrected chi connectivity index (χ1v) is 15.6. The molecule has 3 aromatic carbocycles. The summed E-state index contributed by atoms with van der Waals surface area (Å²) in [5.74, 6) is 0.509. The minimum Gasteiger partial charge on any atom is -0.378 e. The van der Waals surface area contributed by atoms with E-state index in [1.165, 1.54) is 6.07 Å². The van der Waals surface area contributed by atoms with Crippen molar-refractivity contribution in [3.63, 3.8) is 0 Å². The van der Waals surface area contributed by atoms with Gasteiger partial charge in [0.1, 0.15) is 11.4 Å². The summed E-state index contributed by atoms with van der Waals surface area (Å²) in [5, 5.41) is 6.89. The molecule has 42 heavy (non-hydrogen) atoms. The number of carbonyl (C=O) groups excluding carboxylic acids is 2. The number of amides is 2. The highest BCUT2D eigenvalue weighted by Crippen LogP contribution is 2.36. The van der Waals surface area contributed by atoms with Crippen LogP contribution in [0.4, 0.5) is 15.8 Å². The van der Waals surface area contributed by atoms with Crippen LogP contribution in [0.5, 0.6) is 0 Å². The number of thiocarbonyl (C=S) groups is 1. The van der Waals surface area contributed by atoms with Crippen molar-refractivity contribution in [2.75, 3.05) is 48.9 Å². The second kappa shape index (κ2) is 13.1. The average Bonchev–Trinajstić information content (AvgIpc) is 3.37. The Kier molecular flexibility index (Phi) is 9.33. The summed E-state index contributed by atoms with van der Waals surface area (Å²) in [6.45, 7) is 0.498. The van der Waals surface area contributed by atoms with Crippen LogP contribution in [0.3, 0.4) is 0 Å². The van der Waals surface area contributed by atoms with E-state index in [0.717, 1.165) is 11.3 Å². The predicted octanol–water partition coefficient (Wildman–Crippen LogP) is 5.06. The quantitative estimate of drug-likeness (QED) is 0.331. The van der Waals surface area contributed by atoms with Crippen molar-refractivity contribution in [3.8, 4) is 0 Å². The van der Waals surface area contributed by atoms with Crippen molar-refractivity contribution in [1.29, 1.82) is 0 Å². The summed E-state index contributed by atoms with van der Waals surface area (Å²) in [5.41, 5.74) is 1.97. The number of hydrogen-bond acceptors (Lipinski definition) is 5. The van der Waals surface area contributed by atoms with Gasteiger partial charge in [0.2, 0.25) is 11.8 Å². The van der Waals surface area contributed by atoms with Crippen molar-refractivity contribution in [3.05, 3.63) is 95.8 Å². The number of thioether (sulfide) groups is 1. The Hall–Kier alpha value is -3.63. The summed E-state index contributed by atoms with van der Waals surface area (Å²) >= 11 is 7.38. The lowest BCUT2D eigenvalue weighted by Crippen LogP contribution is -2.62. The molecule has 0 spiro atoms. The van der Waals surface area contributed by atoms with Crippen LogP contribution in [0.1, 0.15) is 30.0 Å². The highest BCUT2D eigenvalue weighted by atomic mass is 32.2. The van der Waals surface area contributed by atoms with Crippen molar-refractivity contribution in [1.82, 2.24) is 15.1 Å². The third kappa shape index (κ3) is 6.55. The van der Waals surface area contributed by atoms with Gasteiger partial charge in [0.25, 0.3) is 0 Å². The first-order chi connectivity index (χ1) is 20.3. The van der Waals surface area contributed by atoms with E-state index in [0.29, 0.717) is 47.3 Å². The summed E-state index contributed by atoms with van der Waals surface area (Å²) in [7, 11) is 3.91. The first-order valence-electron chi connectivity index (χ1n) is 14.1. The molecule has 5 rings (SSSR count). The lowest BCUT2D eigenvalue weighted by molar-refractivity contribution is -0.147. The Labute approximate surface area is 256 Å². The Balaban J connectivity index is 1.44. The third-order valence-corrected chi connectivity index (χ3v) is 9.37. The third-order valence-electron chi connectivity index (χ3n) is 8.00. The highest BCUT2D eigenvalue weighted by molar-refractivity contribution is 7.99. The number of anilines is 2. The van der Waals surface area contributed by atoms with E-state index in [4.69, 9.17) is 12.2 Å². The van der Waals surface area contributed by atoms with E-state index in [1.807, 2.05) is 78.5 Å². The molecule has 0 unspecified atom stereocenters. The van der Waals surface area contributed by atoms with Crippen molar-refractivity contribution >= 4 is 52.3 Å². The molecule has 0 radical (unpaired) electrons. The van der Waals surface area contributed by atoms with Gasteiger partial charge >= 0.3 is 0 Å². The molecule has 0 aromatic heterocycles. The largest absolute Gasteiger partial charge is 0.378 e. The Bertz CT molecular complexity index is 1410. The van der Waals surface area contributed by atoms with Gasteiger partial charge in [-0.15, -0.1) is 0 Å². The minimum atomic E-state index is -1.14. The molecular weight excluding hydrogens is 570 g/mol. The van der Waals surface area contributed by atoms with Crippen LogP contribution in [0.2, 0.25) is 0 Å². The predicted molar refractivity (Wildman–Crippen MR) is 172 cm³/mol. The number of rotatable bonds is 9. The maximum atomic E-state index is 15.0. The van der Waals surface area contributed by atoms with Gasteiger partial charge in [0, 0.05) is 44.1 Å². The SMILES string of the molecule is CN(C)c1ccc(NC(=O)C2(N(Cc3ccccc3F)C(=O)CN3C[C@H](c4ccccc4)NC3=S)CCSCC2)cc1. The summed E-state index contributed by atoms with van der Waals surface area (Å²) in [4.78, 5) is 33.9. The van der Waals surface area contributed by atoms with Crippen LogP contribution in [0.25, 0.3) is 0 Å². The van der Waals surface area contributed by atoms with Gasteiger partial charge in [-0.05, 0) is 72.5 Å². The smallest absolute Gasteiger partial charge is 0.250 e. The number of nitrogens with one attached hydrogen (secondary N) is 2. The molecule has 220 valence electrons. The molecule has 2 N–H and O–H groups in total. The monoisotopic (exact) mass is 605 g/mol. The van der Waals surface area contributed by atoms with Gasteiger partial charge in [0.15, 0.2) is 5.11 Å². The molecule has 0 saturated carbocycles. The zero-order valence-corrected chi connectivity index (χ0v) is 25.5. The Morgan fingerprint density at radius 2 is 1.69 bits per heavy atom. The number of hydrogen-bond donors (Lipinski definition) is 2. The van der Waals surface area contributed by atoms with E-state index in [9.17, 15) is 14.0 Å². The number of benzene rings is 3. The van der Waals surface area contributed by atoms with Gasteiger partial charge in [0.05, 0.1) is 12.6 Å².